The lowest BCUT2D eigenvalue weighted by molar-refractivity contribution is 0.428. The molecule has 3 rings (SSSR count). The zero-order valence-corrected chi connectivity index (χ0v) is 8.05. The summed E-state index contributed by atoms with van der Waals surface area (Å²) in [6, 6.07) is 16.4. The Labute approximate surface area is 87.1 Å². The molecule has 0 aliphatic rings. The zero-order chi connectivity index (χ0) is 10.1. The lowest BCUT2D eigenvalue weighted by Gasteiger charge is -1.99. The summed E-state index contributed by atoms with van der Waals surface area (Å²) in [6.45, 7) is 0. The Morgan fingerprint density at radius 2 is 1.73 bits per heavy atom. The molecule has 0 amide bonds. The molecule has 0 unspecified atom stereocenters. The van der Waals surface area contributed by atoms with Gasteiger partial charge in [-0.05, 0) is 23.3 Å². The molecule has 0 radical (unpaired) electrons. The molecule has 2 aromatic carbocycles. The van der Waals surface area contributed by atoms with Crippen molar-refractivity contribution >= 4 is 10.9 Å². The lowest BCUT2D eigenvalue weighted by Crippen LogP contribution is -1.76. The monoisotopic (exact) mass is 195 g/mol. The average molecular weight is 195 g/mol. The molecule has 2 nitrogen and oxygen atoms in total. The molecule has 0 spiro atoms. The van der Waals surface area contributed by atoms with E-state index in [2.05, 4.69) is 23.4 Å². The number of fused-ring (bicyclic) bond motifs is 1. The van der Waals surface area contributed by atoms with Gasteiger partial charge in [-0.3, -0.25) is 0 Å². The highest BCUT2D eigenvalue weighted by atomic mass is 16.5. The van der Waals surface area contributed by atoms with E-state index in [1.807, 2.05) is 30.3 Å². The van der Waals surface area contributed by atoms with Gasteiger partial charge in [0.05, 0.1) is 0 Å². The van der Waals surface area contributed by atoms with Crippen LogP contribution in [0.25, 0.3) is 22.0 Å². The Balaban J connectivity index is 2.19. The van der Waals surface area contributed by atoms with Gasteiger partial charge in [-0.1, -0.05) is 41.6 Å². The van der Waals surface area contributed by atoms with Gasteiger partial charge in [0.25, 0.3) is 0 Å². The van der Waals surface area contributed by atoms with Crippen LogP contribution in [0.5, 0.6) is 0 Å². The van der Waals surface area contributed by atoms with Gasteiger partial charge in [-0.25, -0.2) is 0 Å². The normalized spacial score (nSPS) is 10.7. The van der Waals surface area contributed by atoms with Gasteiger partial charge in [-0.15, -0.1) is 0 Å². The number of hydrogen-bond acceptors (Lipinski definition) is 2. The second-order valence-electron chi connectivity index (χ2n) is 3.45. The molecule has 0 atom stereocenters. The van der Waals surface area contributed by atoms with Crippen molar-refractivity contribution in [3.63, 3.8) is 0 Å². The van der Waals surface area contributed by atoms with Crippen LogP contribution in [0.15, 0.2) is 59.3 Å². The van der Waals surface area contributed by atoms with Crippen LogP contribution in [0.2, 0.25) is 0 Å². The molecule has 3 aromatic rings. The maximum atomic E-state index is 4.91. The Morgan fingerprint density at radius 1 is 0.867 bits per heavy atom. The minimum atomic E-state index is 0.899. The SMILES string of the molecule is c1ccc(-c2ccc3conc3c2)cc1. The van der Waals surface area contributed by atoms with E-state index in [1.165, 1.54) is 5.56 Å². The fourth-order valence-corrected chi connectivity index (χ4v) is 1.67. The topological polar surface area (TPSA) is 26.0 Å². The highest BCUT2D eigenvalue weighted by Crippen LogP contribution is 2.23. The third kappa shape index (κ3) is 1.40. The summed E-state index contributed by atoms with van der Waals surface area (Å²) in [5.74, 6) is 0. The molecule has 0 saturated carbocycles. The molecule has 0 fully saturated rings. The van der Waals surface area contributed by atoms with Crippen molar-refractivity contribution < 1.29 is 4.52 Å². The van der Waals surface area contributed by atoms with E-state index in [-0.39, 0.29) is 0 Å². The van der Waals surface area contributed by atoms with Crippen molar-refractivity contribution in [1.29, 1.82) is 0 Å². The Bertz CT molecular complexity index is 584. The van der Waals surface area contributed by atoms with Crippen LogP contribution < -0.4 is 0 Å². The summed E-state index contributed by atoms with van der Waals surface area (Å²) in [4.78, 5) is 0. The standard InChI is InChI=1S/C13H9NO/c1-2-4-10(5-3-1)11-6-7-12-9-15-14-13(12)8-11/h1-9H. The van der Waals surface area contributed by atoms with E-state index in [4.69, 9.17) is 4.52 Å². The molecule has 2 heteroatoms. The summed E-state index contributed by atoms with van der Waals surface area (Å²) >= 11 is 0. The van der Waals surface area contributed by atoms with Crippen molar-refractivity contribution in [3.8, 4) is 11.1 Å². The maximum absolute atomic E-state index is 4.91. The predicted molar refractivity (Wildman–Crippen MR) is 59.4 cm³/mol. The summed E-state index contributed by atoms with van der Waals surface area (Å²) in [7, 11) is 0. The van der Waals surface area contributed by atoms with Gasteiger partial charge in [-0.2, -0.15) is 0 Å². The second-order valence-corrected chi connectivity index (χ2v) is 3.45. The Morgan fingerprint density at radius 3 is 2.60 bits per heavy atom. The van der Waals surface area contributed by atoms with Crippen LogP contribution in [0.4, 0.5) is 0 Å². The number of aromatic nitrogens is 1. The van der Waals surface area contributed by atoms with Crippen LogP contribution in [-0.2, 0) is 0 Å². The van der Waals surface area contributed by atoms with E-state index < -0.39 is 0 Å². The van der Waals surface area contributed by atoms with Crippen molar-refractivity contribution in [2.45, 2.75) is 0 Å². The number of benzene rings is 2. The number of rotatable bonds is 1. The average Bonchev–Trinajstić information content (AvgIpc) is 2.77. The first-order valence-electron chi connectivity index (χ1n) is 4.83. The van der Waals surface area contributed by atoms with E-state index in [0.717, 1.165) is 16.5 Å². The molecule has 0 N–H and O–H groups in total. The van der Waals surface area contributed by atoms with Gasteiger partial charge in [0.1, 0.15) is 11.8 Å². The molecule has 1 heterocycles. The third-order valence-corrected chi connectivity index (χ3v) is 2.47. The smallest absolute Gasteiger partial charge is 0.131 e. The van der Waals surface area contributed by atoms with Crippen LogP contribution in [-0.4, -0.2) is 5.16 Å². The molecule has 0 saturated heterocycles. The zero-order valence-electron chi connectivity index (χ0n) is 8.05. The predicted octanol–water partition coefficient (Wildman–Crippen LogP) is 3.49. The maximum Gasteiger partial charge on any atom is 0.131 e. The lowest BCUT2D eigenvalue weighted by atomic mass is 10.0. The molecular formula is C13H9NO. The van der Waals surface area contributed by atoms with Gasteiger partial charge in [0.15, 0.2) is 0 Å². The van der Waals surface area contributed by atoms with E-state index in [9.17, 15) is 0 Å². The third-order valence-electron chi connectivity index (χ3n) is 2.47. The molecule has 0 bridgehead atoms. The highest BCUT2D eigenvalue weighted by molar-refractivity contribution is 5.83. The first-order valence-corrected chi connectivity index (χ1v) is 4.83. The van der Waals surface area contributed by atoms with Gasteiger partial charge in [0.2, 0.25) is 0 Å². The quantitative estimate of drug-likeness (QED) is 0.594. The van der Waals surface area contributed by atoms with Gasteiger partial charge in [0, 0.05) is 5.39 Å². The summed E-state index contributed by atoms with van der Waals surface area (Å²) in [5.41, 5.74) is 3.26. The molecule has 15 heavy (non-hydrogen) atoms. The van der Waals surface area contributed by atoms with Crippen molar-refractivity contribution in [3.05, 3.63) is 54.8 Å². The van der Waals surface area contributed by atoms with Crippen molar-refractivity contribution in [2.75, 3.05) is 0 Å². The Kier molecular flexibility index (Phi) is 1.78. The molecule has 0 aliphatic carbocycles. The molecular weight excluding hydrogens is 186 g/mol. The highest BCUT2D eigenvalue weighted by Gasteiger charge is 2.01. The van der Waals surface area contributed by atoms with E-state index >= 15 is 0 Å². The van der Waals surface area contributed by atoms with Crippen molar-refractivity contribution in [1.82, 2.24) is 5.16 Å². The van der Waals surface area contributed by atoms with Crippen LogP contribution in [0.1, 0.15) is 0 Å². The van der Waals surface area contributed by atoms with Crippen LogP contribution in [0, 0.1) is 0 Å². The minimum absolute atomic E-state index is 0.899. The van der Waals surface area contributed by atoms with Crippen molar-refractivity contribution in [2.24, 2.45) is 0 Å². The summed E-state index contributed by atoms with van der Waals surface area (Å²) < 4.78 is 4.91. The van der Waals surface area contributed by atoms with Gasteiger partial charge < -0.3 is 4.52 Å². The number of hydrogen-bond donors (Lipinski definition) is 0. The van der Waals surface area contributed by atoms with Crippen LogP contribution >= 0.6 is 0 Å². The largest absolute Gasteiger partial charge is 0.364 e. The Hall–Kier alpha value is -2.09. The first kappa shape index (κ1) is 8.24. The fraction of sp³-hybridized carbons (Fsp3) is 0. The fourth-order valence-electron chi connectivity index (χ4n) is 1.67. The van der Waals surface area contributed by atoms with E-state index in [0.29, 0.717) is 0 Å². The first-order chi connectivity index (χ1) is 7.43. The molecule has 72 valence electrons. The van der Waals surface area contributed by atoms with Crippen LogP contribution in [0.3, 0.4) is 0 Å². The minimum Gasteiger partial charge on any atom is -0.364 e. The summed E-state index contributed by atoms with van der Waals surface area (Å²) in [6.07, 6.45) is 1.66. The molecule has 1 aromatic heterocycles. The second kappa shape index (κ2) is 3.24. The van der Waals surface area contributed by atoms with E-state index in [1.54, 1.807) is 6.26 Å². The summed E-state index contributed by atoms with van der Waals surface area (Å²) in [5, 5.41) is 4.97. The molecule has 0 aliphatic heterocycles. The number of nitrogens with zero attached hydrogens (tertiary/aromatic N) is 1. The van der Waals surface area contributed by atoms with Gasteiger partial charge >= 0.3 is 0 Å².